The van der Waals surface area contributed by atoms with Gasteiger partial charge in [-0.05, 0) is 12.8 Å². The van der Waals surface area contributed by atoms with Gasteiger partial charge in [0.15, 0.2) is 0 Å². The van der Waals surface area contributed by atoms with E-state index in [1.54, 1.807) is 0 Å². The summed E-state index contributed by atoms with van der Waals surface area (Å²) in [5, 5.41) is 0. The Hall–Kier alpha value is -0.0800. The summed E-state index contributed by atoms with van der Waals surface area (Å²) in [7, 11) is 0. The van der Waals surface area contributed by atoms with Crippen molar-refractivity contribution in [3.05, 3.63) is 0 Å². The summed E-state index contributed by atoms with van der Waals surface area (Å²) >= 11 is 0. The minimum absolute atomic E-state index is 0.306. The largest absolute Gasteiger partial charge is 0.377 e. The molecule has 1 saturated heterocycles. The highest BCUT2D eigenvalue weighted by Crippen LogP contribution is 2.13. The molecule has 1 heterocycles. The molecule has 2 unspecified atom stereocenters. The molecule has 2 N–H and O–H groups in total. The van der Waals surface area contributed by atoms with Crippen LogP contribution in [0.1, 0.15) is 19.8 Å². The first-order chi connectivity index (χ1) is 3.84. The van der Waals surface area contributed by atoms with E-state index in [-0.39, 0.29) is 0 Å². The third-order valence-corrected chi connectivity index (χ3v) is 1.66. The number of nitrogens with two attached hydrogens (primary N) is 1. The van der Waals surface area contributed by atoms with Crippen LogP contribution in [-0.4, -0.2) is 18.8 Å². The van der Waals surface area contributed by atoms with Crippen LogP contribution in [0.2, 0.25) is 0 Å². The van der Waals surface area contributed by atoms with Crippen molar-refractivity contribution >= 4 is 0 Å². The summed E-state index contributed by atoms with van der Waals surface area (Å²) < 4.78 is 5.29. The topological polar surface area (TPSA) is 35.2 Å². The van der Waals surface area contributed by atoms with Crippen LogP contribution < -0.4 is 5.73 Å². The minimum atomic E-state index is 0.306. The molecule has 2 atom stereocenters. The number of hydrogen-bond donors (Lipinski definition) is 1. The van der Waals surface area contributed by atoms with Crippen molar-refractivity contribution in [2.45, 2.75) is 31.9 Å². The Morgan fingerprint density at radius 3 is 2.75 bits per heavy atom. The number of rotatable bonds is 1. The fourth-order valence-corrected chi connectivity index (χ4v) is 1.09. The van der Waals surface area contributed by atoms with Gasteiger partial charge >= 0.3 is 0 Å². The molecule has 0 radical (unpaired) electrons. The molecule has 0 aliphatic carbocycles. The molecule has 48 valence electrons. The lowest BCUT2D eigenvalue weighted by Gasteiger charge is -2.09. The van der Waals surface area contributed by atoms with Gasteiger partial charge in [0.25, 0.3) is 0 Å². The van der Waals surface area contributed by atoms with Gasteiger partial charge in [-0.1, -0.05) is 6.92 Å². The van der Waals surface area contributed by atoms with Crippen molar-refractivity contribution in [1.82, 2.24) is 0 Å². The van der Waals surface area contributed by atoms with E-state index >= 15 is 0 Å². The van der Waals surface area contributed by atoms with Crippen molar-refractivity contribution in [2.24, 2.45) is 5.73 Å². The van der Waals surface area contributed by atoms with Crippen molar-refractivity contribution in [1.29, 1.82) is 0 Å². The van der Waals surface area contributed by atoms with E-state index in [4.69, 9.17) is 10.5 Å². The molecule has 0 aromatic heterocycles. The second-order valence-electron chi connectivity index (χ2n) is 2.27. The van der Waals surface area contributed by atoms with Gasteiger partial charge in [-0.2, -0.15) is 0 Å². The monoisotopic (exact) mass is 115 g/mol. The molecule has 1 rings (SSSR count). The zero-order chi connectivity index (χ0) is 5.98. The molecule has 0 amide bonds. The Kier molecular flexibility index (Phi) is 1.86. The maximum absolute atomic E-state index is 5.66. The van der Waals surface area contributed by atoms with E-state index in [1.807, 2.05) is 0 Å². The lowest BCUT2D eigenvalue weighted by Crippen LogP contribution is -2.29. The van der Waals surface area contributed by atoms with Crippen LogP contribution in [0, 0.1) is 0 Å². The molecule has 1 aliphatic rings. The van der Waals surface area contributed by atoms with Gasteiger partial charge in [-0.15, -0.1) is 0 Å². The van der Waals surface area contributed by atoms with E-state index in [1.165, 1.54) is 0 Å². The van der Waals surface area contributed by atoms with Gasteiger partial charge in [0.2, 0.25) is 0 Å². The van der Waals surface area contributed by atoms with Crippen LogP contribution in [0.3, 0.4) is 0 Å². The van der Waals surface area contributed by atoms with Gasteiger partial charge in [-0.3, -0.25) is 0 Å². The lowest BCUT2D eigenvalue weighted by atomic mass is 10.1. The third-order valence-electron chi connectivity index (χ3n) is 1.66. The molecular formula is C6H13NO. The fourth-order valence-electron chi connectivity index (χ4n) is 1.09. The maximum Gasteiger partial charge on any atom is 0.0724 e. The van der Waals surface area contributed by atoms with Gasteiger partial charge in [0.05, 0.1) is 6.10 Å². The first kappa shape index (κ1) is 6.05. The zero-order valence-electron chi connectivity index (χ0n) is 5.26. The average Bonchev–Trinajstić information content (AvgIpc) is 2.14. The van der Waals surface area contributed by atoms with E-state index < -0.39 is 0 Å². The van der Waals surface area contributed by atoms with Gasteiger partial charge < -0.3 is 10.5 Å². The minimum Gasteiger partial charge on any atom is -0.377 e. The highest BCUT2D eigenvalue weighted by molar-refractivity contribution is 4.77. The fraction of sp³-hybridized carbons (Fsp3) is 1.00. The number of hydrogen-bond acceptors (Lipinski definition) is 2. The van der Waals surface area contributed by atoms with Gasteiger partial charge in [0.1, 0.15) is 0 Å². The molecule has 2 heteroatoms. The molecule has 0 saturated carbocycles. The molecule has 8 heavy (non-hydrogen) atoms. The summed E-state index contributed by atoms with van der Waals surface area (Å²) in [6.07, 6.45) is 2.44. The average molecular weight is 115 g/mol. The van der Waals surface area contributed by atoms with Gasteiger partial charge in [-0.25, -0.2) is 0 Å². The summed E-state index contributed by atoms with van der Waals surface area (Å²) in [6, 6.07) is 0.306. The molecule has 0 bridgehead atoms. The molecule has 0 aromatic rings. The third kappa shape index (κ3) is 1.01. The van der Waals surface area contributed by atoms with Crippen LogP contribution in [0.4, 0.5) is 0 Å². The molecular weight excluding hydrogens is 102 g/mol. The highest BCUT2D eigenvalue weighted by atomic mass is 16.5. The van der Waals surface area contributed by atoms with Gasteiger partial charge in [0, 0.05) is 12.6 Å². The highest BCUT2D eigenvalue weighted by Gasteiger charge is 2.21. The molecule has 0 spiro atoms. The summed E-state index contributed by atoms with van der Waals surface area (Å²) in [5.74, 6) is 0. The SMILES string of the molecule is CCC1OCCC1N. The van der Waals surface area contributed by atoms with Crippen molar-refractivity contribution in [2.75, 3.05) is 6.61 Å². The first-order valence-electron chi connectivity index (χ1n) is 3.21. The molecule has 1 fully saturated rings. The van der Waals surface area contributed by atoms with E-state index in [2.05, 4.69) is 6.92 Å². The summed E-state index contributed by atoms with van der Waals surface area (Å²) in [6.45, 7) is 2.97. The predicted molar refractivity (Wildman–Crippen MR) is 32.6 cm³/mol. The van der Waals surface area contributed by atoms with Crippen LogP contribution in [0.15, 0.2) is 0 Å². The van der Waals surface area contributed by atoms with Crippen molar-refractivity contribution < 1.29 is 4.74 Å². The Bertz CT molecular complexity index is 74.9. The van der Waals surface area contributed by atoms with Crippen LogP contribution in [-0.2, 0) is 4.74 Å². The van der Waals surface area contributed by atoms with Crippen molar-refractivity contribution in [3.8, 4) is 0 Å². The Labute approximate surface area is 50.0 Å². The summed E-state index contributed by atoms with van der Waals surface area (Å²) in [4.78, 5) is 0. The Morgan fingerprint density at radius 1 is 1.75 bits per heavy atom. The van der Waals surface area contributed by atoms with E-state index in [0.717, 1.165) is 19.4 Å². The molecule has 1 aliphatic heterocycles. The Morgan fingerprint density at radius 2 is 2.50 bits per heavy atom. The molecule has 2 nitrogen and oxygen atoms in total. The van der Waals surface area contributed by atoms with E-state index in [0.29, 0.717) is 12.1 Å². The number of ether oxygens (including phenoxy) is 1. The maximum atomic E-state index is 5.66. The van der Waals surface area contributed by atoms with Crippen molar-refractivity contribution in [3.63, 3.8) is 0 Å². The zero-order valence-corrected chi connectivity index (χ0v) is 5.26. The summed E-state index contributed by atoms with van der Waals surface area (Å²) in [5.41, 5.74) is 5.66. The first-order valence-corrected chi connectivity index (χ1v) is 3.21. The standard InChI is InChI=1S/C6H13NO/c1-2-6-5(7)3-4-8-6/h5-6H,2-4,7H2,1H3. The molecule has 0 aromatic carbocycles. The van der Waals surface area contributed by atoms with Crippen LogP contribution in [0.25, 0.3) is 0 Å². The smallest absolute Gasteiger partial charge is 0.0724 e. The van der Waals surface area contributed by atoms with E-state index in [9.17, 15) is 0 Å². The van der Waals surface area contributed by atoms with Crippen LogP contribution >= 0.6 is 0 Å². The second kappa shape index (κ2) is 2.46. The van der Waals surface area contributed by atoms with Crippen LogP contribution in [0.5, 0.6) is 0 Å². The second-order valence-corrected chi connectivity index (χ2v) is 2.27. The quantitative estimate of drug-likeness (QED) is 0.540. The lowest BCUT2D eigenvalue weighted by molar-refractivity contribution is 0.101. The Balaban J connectivity index is 2.30. The normalized spacial score (nSPS) is 38.2. The predicted octanol–water partition coefficient (Wildman–Crippen LogP) is 0.513.